The normalized spacial score (nSPS) is 10.9. The molecule has 0 saturated carbocycles. The molecule has 0 aliphatic heterocycles. The minimum atomic E-state index is -2.95. The predicted octanol–water partition coefficient (Wildman–Crippen LogP) is 2.41. The van der Waals surface area contributed by atoms with Crippen molar-refractivity contribution in [1.82, 2.24) is 0 Å². The van der Waals surface area contributed by atoms with Gasteiger partial charge in [0.25, 0.3) is 0 Å². The predicted molar refractivity (Wildman–Crippen MR) is 110 cm³/mol. The highest BCUT2D eigenvalue weighted by molar-refractivity contribution is 7.97. The van der Waals surface area contributed by atoms with Gasteiger partial charge in [-0.2, -0.15) is 0 Å². The molecule has 27 heavy (non-hydrogen) atoms. The standard InChI is InChI=1S/C22H19O4P/c1-26-22(25)20(21(23)24)27(17-11-5-2-6-12-17,18-13-7-3-8-14-18)19-15-9-4-10-16-19/h2-16H,1H3,(H,23,24). The van der Waals surface area contributed by atoms with Crippen LogP contribution < -0.4 is 15.9 Å². The van der Waals surface area contributed by atoms with Crippen molar-refractivity contribution in [2.24, 2.45) is 0 Å². The Labute approximate surface area is 158 Å². The lowest BCUT2D eigenvalue weighted by Crippen LogP contribution is -2.38. The van der Waals surface area contributed by atoms with E-state index in [0.717, 1.165) is 15.9 Å². The Hall–Kier alpha value is -3.10. The first-order valence-corrected chi connectivity index (χ1v) is 10.2. The van der Waals surface area contributed by atoms with E-state index in [2.05, 4.69) is 0 Å². The molecule has 0 radical (unpaired) electrons. The van der Waals surface area contributed by atoms with E-state index in [1.54, 1.807) is 0 Å². The number of ether oxygens (including phenoxy) is 1. The fraction of sp³-hybridized carbons (Fsp3) is 0.0455. The van der Waals surface area contributed by atoms with Crippen LogP contribution >= 0.6 is 6.89 Å². The molecule has 0 unspecified atom stereocenters. The van der Waals surface area contributed by atoms with Crippen molar-refractivity contribution in [3.8, 4) is 0 Å². The molecule has 0 amide bonds. The molecule has 136 valence electrons. The molecule has 3 rings (SSSR count). The van der Waals surface area contributed by atoms with Crippen LogP contribution in [0.1, 0.15) is 0 Å². The SMILES string of the molecule is COC(=O)C(C(=O)O)=P(c1ccccc1)(c1ccccc1)c1ccccc1. The summed E-state index contributed by atoms with van der Waals surface area (Å²) in [5.41, 5.74) is 0. The maximum Gasteiger partial charge on any atom is 0.346 e. The summed E-state index contributed by atoms with van der Waals surface area (Å²) in [6, 6.07) is 28.0. The second kappa shape index (κ2) is 8.07. The highest BCUT2D eigenvalue weighted by Crippen LogP contribution is 2.46. The highest BCUT2D eigenvalue weighted by atomic mass is 31.2. The van der Waals surface area contributed by atoms with Gasteiger partial charge < -0.3 is 9.84 Å². The van der Waals surface area contributed by atoms with Crippen molar-refractivity contribution in [3.05, 3.63) is 91.0 Å². The summed E-state index contributed by atoms with van der Waals surface area (Å²) in [6.07, 6.45) is 0. The Bertz CT molecular complexity index is 893. The minimum Gasteiger partial charge on any atom is -0.477 e. The molecule has 0 aliphatic rings. The minimum absolute atomic E-state index is 0.242. The molecule has 0 bridgehead atoms. The van der Waals surface area contributed by atoms with E-state index < -0.39 is 18.8 Å². The van der Waals surface area contributed by atoms with E-state index in [9.17, 15) is 14.7 Å². The van der Waals surface area contributed by atoms with Crippen molar-refractivity contribution in [2.75, 3.05) is 7.11 Å². The molecule has 0 spiro atoms. The molecular formula is C22H19O4P. The summed E-state index contributed by atoms with van der Waals surface area (Å²) in [5, 5.41) is 12.2. The molecule has 0 aliphatic carbocycles. The van der Waals surface area contributed by atoms with Gasteiger partial charge >= 0.3 is 11.9 Å². The van der Waals surface area contributed by atoms with Crippen LogP contribution in [0.2, 0.25) is 0 Å². The maximum absolute atomic E-state index is 12.7. The number of carboxylic acids is 1. The Morgan fingerprint density at radius 3 is 1.30 bits per heavy atom. The topological polar surface area (TPSA) is 63.6 Å². The second-order valence-electron chi connectivity index (χ2n) is 5.82. The van der Waals surface area contributed by atoms with Crippen molar-refractivity contribution in [2.45, 2.75) is 0 Å². The van der Waals surface area contributed by atoms with Gasteiger partial charge in [-0.1, -0.05) is 91.0 Å². The lowest BCUT2D eigenvalue weighted by atomic mass is 10.3. The van der Waals surface area contributed by atoms with Gasteiger partial charge in [-0.25, -0.2) is 9.59 Å². The summed E-state index contributed by atoms with van der Waals surface area (Å²) in [4.78, 5) is 25.1. The zero-order valence-corrected chi connectivity index (χ0v) is 15.7. The quantitative estimate of drug-likeness (QED) is 0.421. The number of methoxy groups -OCH3 is 1. The van der Waals surface area contributed by atoms with E-state index in [1.807, 2.05) is 91.0 Å². The summed E-state index contributed by atoms with van der Waals surface area (Å²) in [7, 11) is 1.21. The van der Waals surface area contributed by atoms with Crippen molar-refractivity contribution in [1.29, 1.82) is 0 Å². The zero-order chi connectivity index (χ0) is 19.3. The Morgan fingerprint density at radius 1 is 0.704 bits per heavy atom. The van der Waals surface area contributed by atoms with Gasteiger partial charge in [0, 0.05) is 0 Å². The molecule has 1 N–H and O–H groups in total. The monoisotopic (exact) mass is 378 g/mol. The number of hydrogen-bond acceptors (Lipinski definition) is 3. The van der Waals surface area contributed by atoms with Crippen LogP contribution in [0.25, 0.3) is 0 Å². The van der Waals surface area contributed by atoms with Crippen molar-refractivity contribution >= 4 is 40.0 Å². The highest BCUT2D eigenvalue weighted by Gasteiger charge is 2.37. The van der Waals surface area contributed by atoms with Gasteiger partial charge in [0.05, 0.1) is 7.11 Å². The second-order valence-corrected chi connectivity index (χ2v) is 9.16. The third kappa shape index (κ3) is 3.32. The van der Waals surface area contributed by atoms with Crippen LogP contribution in [-0.4, -0.2) is 29.4 Å². The number of carboxylic acid groups (broad SMARTS) is 1. The van der Waals surface area contributed by atoms with Gasteiger partial charge in [0.2, 0.25) is 0 Å². The molecular weight excluding hydrogens is 359 g/mol. The molecule has 0 aromatic heterocycles. The van der Waals surface area contributed by atoms with Crippen LogP contribution in [0, 0.1) is 0 Å². The fourth-order valence-electron chi connectivity index (χ4n) is 3.25. The first-order valence-electron chi connectivity index (χ1n) is 8.37. The van der Waals surface area contributed by atoms with Crippen molar-refractivity contribution < 1.29 is 19.4 Å². The van der Waals surface area contributed by atoms with Gasteiger partial charge in [-0.3, -0.25) is 0 Å². The third-order valence-electron chi connectivity index (χ3n) is 4.35. The number of hydrogen-bond donors (Lipinski definition) is 1. The lowest BCUT2D eigenvalue weighted by molar-refractivity contribution is -0.136. The molecule has 0 fully saturated rings. The average molecular weight is 378 g/mol. The first-order chi connectivity index (χ1) is 13.1. The Balaban J connectivity index is 2.63. The maximum atomic E-state index is 12.7. The van der Waals surface area contributed by atoms with Gasteiger partial charge in [-0.15, -0.1) is 0 Å². The van der Waals surface area contributed by atoms with Crippen LogP contribution in [-0.2, 0) is 14.3 Å². The van der Waals surface area contributed by atoms with Crippen LogP contribution in [0.4, 0.5) is 0 Å². The molecule has 3 aromatic rings. The van der Waals surface area contributed by atoms with Gasteiger partial charge in [0.15, 0.2) is 5.29 Å². The fourth-order valence-corrected chi connectivity index (χ4v) is 7.43. The molecule has 4 nitrogen and oxygen atoms in total. The summed E-state index contributed by atoms with van der Waals surface area (Å²) in [6.45, 7) is -2.95. The molecule has 3 aromatic carbocycles. The molecule has 0 saturated heterocycles. The van der Waals surface area contributed by atoms with E-state index >= 15 is 0 Å². The van der Waals surface area contributed by atoms with E-state index in [-0.39, 0.29) is 5.29 Å². The van der Waals surface area contributed by atoms with E-state index in [0.29, 0.717) is 0 Å². The van der Waals surface area contributed by atoms with Gasteiger partial charge in [0.1, 0.15) is 0 Å². The number of rotatable bonds is 5. The summed E-state index contributed by atoms with van der Waals surface area (Å²) < 4.78 is 4.92. The first kappa shape index (κ1) is 18.7. The lowest BCUT2D eigenvalue weighted by Gasteiger charge is -2.30. The Morgan fingerprint density at radius 2 is 1.04 bits per heavy atom. The largest absolute Gasteiger partial charge is 0.477 e. The average Bonchev–Trinajstić information content (AvgIpc) is 2.73. The third-order valence-corrected chi connectivity index (χ3v) is 8.61. The van der Waals surface area contributed by atoms with Crippen LogP contribution in [0.3, 0.4) is 0 Å². The molecule has 5 heteroatoms. The number of benzene rings is 3. The van der Waals surface area contributed by atoms with Crippen LogP contribution in [0.15, 0.2) is 91.0 Å². The van der Waals surface area contributed by atoms with Crippen LogP contribution in [0.5, 0.6) is 0 Å². The number of aliphatic carboxylic acids is 1. The van der Waals surface area contributed by atoms with Gasteiger partial charge in [-0.05, 0) is 22.8 Å². The number of carbonyl (C=O) groups is 2. The number of carbonyl (C=O) groups excluding carboxylic acids is 1. The van der Waals surface area contributed by atoms with E-state index in [1.165, 1.54) is 7.11 Å². The zero-order valence-electron chi connectivity index (χ0n) is 14.8. The summed E-state index contributed by atoms with van der Waals surface area (Å²) >= 11 is 0. The van der Waals surface area contributed by atoms with E-state index in [4.69, 9.17) is 4.74 Å². The Kier molecular flexibility index (Phi) is 5.58. The molecule has 0 heterocycles. The summed E-state index contributed by atoms with van der Waals surface area (Å²) in [5.74, 6) is -2.10. The molecule has 0 atom stereocenters. The smallest absolute Gasteiger partial charge is 0.346 e. The van der Waals surface area contributed by atoms with Crippen molar-refractivity contribution in [3.63, 3.8) is 0 Å². The number of esters is 1.